The first-order valence-electron chi connectivity index (χ1n) is 10.6. The molecule has 0 atom stereocenters. The van der Waals surface area contributed by atoms with Gasteiger partial charge in [-0.25, -0.2) is 19.6 Å². The molecular weight excluding hydrogens is 444 g/mol. The summed E-state index contributed by atoms with van der Waals surface area (Å²) in [4.78, 5) is 48.0. The Kier molecular flexibility index (Phi) is 6.55. The van der Waals surface area contributed by atoms with E-state index in [-0.39, 0.29) is 30.8 Å². The van der Waals surface area contributed by atoms with Gasteiger partial charge in [0.1, 0.15) is 15.5 Å². The highest BCUT2D eigenvalue weighted by Crippen LogP contribution is 2.33. The van der Waals surface area contributed by atoms with Gasteiger partial charge in [-0.2, -0.15) is 0 Å². The number of thiophene rings is 1. The van der Waals surface area contributed by atoms with Crippen LogP contribution < -0.4 is 5.73 Å². The van der Waals surface area contributed by atoms with E-state index in [0.717, 1.165) is 18.5 Å². The largest absolute Gasteiger partial charge is 0.462 e. The number of carbonyl (C=O) groups is 3. The summed E-state index contributed by atoms with van der Waals surface area (Å²) >= 11 is 1.17. The molecule has 0 aliphatic carbocycles. The van der Waals surface area contributed by atoms with Crippen molar-refractivity contribution < 1.29 is 23.9 Å². The van der Waals surface area contributed by atoms with Crippen LogP contribution in [0.5, 0.6) is 0 Å². The Morgan fingerprint density at radius 1 is 1.21 bits per heavy atom. The van der Waals surface area contributed by atoms with Crippen LogP contribution in [0.15, 0.2) is 24.3 Å². The molecule has 0 unspecified atom stereocenters. The number of esters is 2. The summed E-state index contributed by atoms with van der Waals surface area (Å²) in [6.07, 6.45) is 1.43. The van der Waals surface area contributed by atoms with Gasteiger partial charge in [-0.1, -0.05) is 12.1 Å². The zero-order valence-corrected chi connectivity index (χ0v) is 19.2. The van der Waals surface area contributed by atoms with Gasteiger partial charge in [-0.15, -0.1) is 11.3 Å². The number of ether oxygens (including phenoxy) is 2. The van der Waals surface area contributed by atoms with Gasteiger partial charge in [0.2, 0.25) is 5.91 Å². The van der Waals surface area contributed by atoms with Gasteiger partial charge in [0.05, 0.1) is 17.6 Å². The van der Waals surface area contributed by atoms with Gasteiger partial charge >= 0.3 is 11.9 Å². The molecule has 10 heteroatoms. The lowest BCUT2D eigenvalue weighted by molar-refractivity contribution is -0.128. The van der Waals surface area contributed by atoms with E-state index in [1.165, 1.54) is 11.3 Å². The molecule has 4 rings (SSSR count). The molecule has 0 bridgehead atoms. The van der Waals surface area contributed by atoms with Gasteiger partial charge < -0.3 is 20.1 Å². The van der Waals surface area contributed by atoms with E-state index in [2.05, 4.69) is 9.97 Å². The van der Waals surface area contributed by atoms with Gasteiger partial charge in [0, 0.05) is 19.5 Å². The number of anilines is 1. The minimum absolute atomic E-state index is 0.128. The second-order valence-corrected chi connectivity index (χ2v) is 8.68. The van der Waals surface area contributed by atoms with E-state index in [0.29, 0.717) is 39.2 Å². The molecule has 1 amide bonds. The van der Waals surface area contributed by atoms with Crippen molar-refractivity contribution in [1.82, 2.24) is 14.9 Å². The fraction of sp³-hybridized carbons (Fsp3) is 0.348. The van der Waals surface area contributed by atoms with E-state index in [4.69, 9.17) is 15.2 Å². The lowest BCUT2D eigenvalue weighted by atomic mass is 10.1. The smallest absolute Gasteiger partial charge is 0.348 e. The number of nitrogens with two attached hydrogens (primary N) is 1. The standard InChI is InChI=1S/C23H24N4O5S/c1-3-31-23(30)19-13(2)18-20(24)25-16(26-21(18)33-19)12-32-22(29)15-7-4-6-14(10-15)11-27-9-5-8-17(27)28/h4,6-7,10H,3,5,8-9,11-12H2,1-2H3,(H2,24,25,26). The third kappa shape index (κ3) is 4.80. The summed E-state index contributed by atoms with van der Waals surface area (Å²) in [5, 5.41) is 0.599. The molecule has 1 aliphatic rings. The number of benzene rings is 1. The SMILES string of the molecule is CCOC(=O)c1sc2nc(COC(=O)c3cccc(CN4CCCC4=O)c3)nc(N)c2c1C. The van der Waals surface area contributed by atoms with Gasteiger partial charge in [0.15, 0.2) is 12.4 Å². The molecule has 2 N–H and O–H groups in total. The Morgan fingerprint density at radius 2 is 2.03 bits per heavy atom. The summed E-state index contributed by atoms with van der Waals surface area (Å²) in [7, 11) is 0. The molecule has 2 aromatic heterocycles. The van der Waals surface area contributed by atoms with Crippen LogP contribution in [-0.4, -0.2) is 45.9 Å². The number of nitrogen functional groups attached to an aromatic ring is 1. The maximum Gasteiger partial charge on any atom is 0.348 e. The summed E-state index contributed by atoms with van der Waals surface area (Å²) in [6.45, 7) is 4.81. The van der Waals surface area contributed by atoms with Crippen molar-refractivity contribution in [2.75, 3.05) is 18.9 Å². The third-order valence-corrected chi connectivity index (χ3v) is 6.53. The second-order valence-electron chi connectivity index (χ2n) is 7.68. The van der Waals surface area contributed by atoms with Gasteiger partial charge in [-0.3, -0.25) is 4.79 Å². The molecular formula is C23H24N4O5S. The number of aromatic nitrogens is 2. The molecule has 172 valence electrons. The molecule has 1 aliphatic heterocycles. The second kappa shape index (κ2) is 9.53. The first-order valence-corrected chi connectivity index (χ1v) is 11.5. The Balaban J connectivity index is 1.47. The van der Waals surface area contributed by atoms with E-state index in [1.54, 1.807) is 36.9 Å². The number of hydrogen-bond acceptors (Lipinski definition) is 9. The van der Waals surface area contributed by atoms with E-state index < -0.39 is 11.9 Å². The topological polar surface area (TPSA) is 125 Å². The maximum absolute atomic E-state index is 12.6. The minimum atomic E-state index is -0.526. The fourth-order valence-electron chi connectivity index (χ4n) is 3.77. The van der Waals surface area contributed by atoms with Crippen molar-refractivity contribution >= 4 is 45.2 Å². The summed E-state index contributed by atoms with van der Waals surface area (Å²) < 4.78 is 10.5. The Morgan fingerprint density at radius 3 is 2.76 bits per heavy atom. The van der Waals surface area contributed by atoms with Crippen molar-refractivity contribution in [2.45, 2.75) is 39.8 Å². The number of carbonyl (C=O) groups excluding carboxylic acids is 3. The molecule has 33 heavy (non-hydrogen) atoms. The van der Waals surface area contributed by atoms with Crippen LogP contribution in [0, 0.1) is 6.92 Å². The fourth-order valence-corrected chi connectivity index (χ4v) is 4.87. The van der Waals surface area contributed by atoms with Crippen LogP contribution >= 0.6 is 11.3 Å². The van der Waals surface area contributed by atoms with Crippen molar-refractivity contribution in [2.24, 2.45) is 0 Å². The quantitative estimate of drug-likeness (QED) is 0.524. The summed E-state index contributed by atoms with van der Waals surface area (Å²) in [6, 6.07) is 7.02. The normalized spacial score (nSPS) is 13.5. The predicted molar refractivity (Wildman–Crippen MR) is 123 cm³/mol. The lowest BCUT2D eigenvalue weighted by Gasteiger charge is -2.15. The minimum Gasteiger partial charge on any atom is -0.462 e. The number of nitrogens with zero attached hydrogens (tertiary/aromatic N) is 3. The van der Waals surface area contributed by atoms with Crippen LogP contribution in [0.25, 0.3) is 10.2 Å². The van der Waals surface area contributed by atoms with Crippen molar-refractivity contribution in [3.8, 4) is 0 Å². The van der Waals surface area contributed by atoms with Crippen LogP contribution in [0.1, 0.15) is 56.7 Å². The molecule has 3 aromatic rings. The molecule has 0 spiro atoms. The first-order chi connectivity index (χ1) is 15.9. The zero-order valence-electron chi connectivity index (χ0n) is 18.4. The Labute approximate surface area is 194 Å². The molecule has 9 nitrogen and oxygen atoms in total. The predicted octanol–water partition coefficient (Wildman–Crippen LogP) is 3.24. The monoisotopic (exact) mass is 468 g/mol. The first kappa shape index (κ1) is 22.7. The molecule has 0 saturated carbocycles. The molecule has 0 radical (unpaired) electrons. The number of aryl methyl sites for hydroxylation is 1. The third-order valence-electron chi connectivity index (χ3n) is 5.37. The molecule has 3 heterocycles. The van der Waals surface area contributed by atoms with Crippen LogP contribution in [0.2, 0.25) is 0 Å². The van der Waals surface area contributed by atoms with Gasteiger partial charge in [0.25, 0.3) is 0 Å². The Bertz CT molecular complexity index is 1240. The summed E-state index contributed by atoms with van der Waals surface area (Å²) in [5.74, 6) is -0.373. The average molecular weight is 469 g/mol. The van der Waals surface area contributed by atoms with E-state index in [9.17, 15) is 14.4 Å². The number of hydrogen-bond donors (Lipinski definition) is 1. The van der Waals surface area contributed by atoms with E-state index >= 15 is 0 Å². The van der Waals surface area contributed by atoms with Crippen LogP contribution in [0.3, 0.4) is 0 Å². The summed E-state index contributed by atoms with van der Waals surface area (Å²) in [5.41, 5.74) is 8.01. The zero-order chi connectivity index (χ0) is 23.5. The van der Waals surface area contributed by atoms with E-state index in [1.807, 2.05) is 6.07 Å². The van der Waals surface area contributed by atoms with Crippen molar-refractivity contribution in [3.05, 3.63) is 51.7 Å². The average Bonchev–Trinajstić information content (AvgIpc) is 3.35. The van der Waals surface area contributed by atoms with Crippen LogP contribution in [0.4, 0.5) is 5.82 Å². The number of amides is 1. The van der Waals surface area contributed by atoms with Crippen molar-refractivity contribution in [1.29, 1.82) is 0 Å². The number of fused-ring (bicyclic) bond motifs is 1. The number of rotatable bonds is 7. The highest BCUT2D eigenvalue weighted by molar-refractivity contribution is 7.20. The highest BCUT2D eigenvalue weighted by Gasteiger charge is 2.22. The number of likely N-dealkylation sites (tertiary alicyclic amines) is 1. The molecule has 1 aromatic carbocycles. The maximum atomic E-state index is 12.6. The molecule has 1 fully saturated rings. The van der Waals surface area contributed by atoms with Crippen molar-refractivity contribution in [3.63, 3.8) is 0 Å². The van der Waals surface area contributed by atoms with Crippen LogP contribution in [-0.2, 0) is 27.4 Å². The highest BCUT2D eigenvalue weighted by atomic mass is 32.1. The lowest BCUT2D eigenvalue weighted by Crippen LogP contribution is -2.23. The molecule has 1 saturated heterocycles. The Hall–Kier alpha value is -3.53. The van der Waals surface area contributed by atoms with Gasteiger partial charge in [-0.05, 0) is 43.5 Å².